The van der Waals surface area contributed by atoms with Crippen molar-refractivity contribution < 1.29 is 4.39 Å². The fraction of sp³-hybridized carbons (Fsp3) is 0. The fourth-order valence-corrected chi connectivity index (χ4v) is 2.39. The Morgan fingerprint density at radius 2 is 1.58 bits per heavy atom. The van der Waals surface area contributed by atoms with E-state index in [2.05, 4.69) is 21.2 Å². The van der Waals surface area contributed by atoms with Crippen LogP contribution in [0.4, 0.5) is 21.5 Å². The quantitative estimate of drug-likeness (QED) is 0.502. The SMILES string of the molecule is Nc1cc(Br)c(F)cc1Nc1cc(Cl)c(Cl)cc1Cl. The van der Waals surface area contributed by atoms with Crippen LogP contribution in [0.15, 0.2) is 28.7 Å². The lowest BCUT2D eigenvalue weighted by molar-refractivity contribution is 0.622. The highest BCUT2D eigenvalue weighted by Crippen LogP contribution is 2.36. The van der Waals surface area contributed by atoms with Gasteiger partial charge in [0.15, 0.2) is 0 Å². The average Bonchev–Trinajstić information content (AvgIpc) is 2.32. The molecule has 0 amide bonds. The van der Waals surface area contributed by atoms with Crippen molar-refractivity contribution >= 4 is 67.8 Å². The highest BCUT2D eigenvalue weighted by Gasteiger charge is 2.10. The maximum atomic E-state index is 13.5. The maximum absolute atomic E-state index is 13.5. The Balaban J connectivity index is 2.42. The van der Waals surface area contributed by atoms with Gasteiger partial charge in [-0.05, 0) is 34.1 Å². The van der Waals surface area contributed by atoms with E-state index in [1.54, 1.807) is 6.07 Å². The second-order valence-electron chi connectivity index (χ2n) is 3.72. The second-order valence-corrected chi connectivity index (χ2v) is 5.80. The third-order valence-corrected chi connectivity index (χ3v) is 4.01. The smallest absolute Gasteiger partial charge is 0.139 e. The van der Waals surface area contributed by atoms with Gasteiger partial charge in [-0.15, -0.1) is 0 Å². The number of nitrogens with one attached hydrogen (secondary N) is 1. The van der Waals surface area contributed by atoms with Crippen LogP contribution in [0.25, 0.3) is 0 Å². The van der Waals surface area contributed by atoms with Crippen molar-refractivity contribution in [2.75, 3.05) is 11.1 Å². The van der Waals surface area contributed by atoms with Gasteiger partial charge >= 0.3 is 0 Å². The van der Waals surface area contributed by atoms with Crippen LogP contribution in [0, 0.1) is 5.82 Å². The highest BCUT2D eigenvalue weighted by atomic mass is 79.9. The highest BCUT2D eigenvalue weighted by molar-refractivity contribution is 9.10. The molecular formula is C12H7BrCl3FN2. The average molecular weight is 384 g/mol. The number of nitrogens with two attached hydrogens (primary N) is 1. The molecule has 7 heteroatoms. The molecule has 0 heterocycles. The van der Waals surface area contributed by atoms with Gasteiger partial charge in [0, 0.05) is 6.07 Å². The molecule has 3 N–H and O–H groups in total. The first-order valence-electron chi connectivity index (χ1n) is 5.04. The normalized spacial score (nSPS) is 10.6. The second kappa shape index (κ2) is 5.75. The van der Waals surface area contributed by atoms with Gasteiger partial charge < -0.3 is 11.1 Å². The lowest BCUT2D eigenvalue weighted by Crippen LogP contribution is -1.98. The van der Waals surface area contributed by atoms with Crippen LogP contribution in [0.2, 0.25) is 15.1 Å². The Morgan fingerprint density at radius 1 is 0.947 bits per heavy atom. The summed E-state index contributed by atoms with van der Waals surface area (Å²) in [7, 11) is 0. The van der Waals surface area contributed by atoms with Crippen LogP contribution < -0.4 is 11.1 Å². The van der Waals surface area contributed by atoms with E-state index in [1.165, 1.54) is 18.2 Å². The van der Waals surface area contributed by atoms with Gasteiger partial charge in [0.25, 0.3) is 0 Å². The summed E-state index contributed by atoms with van der Waals surface area (Å²) in [5.41, 5.74) is 7.05. The summed E-state index contributed by atoms with van der Waals surface area (Å²) in [5, 5.41) is 3.95. The fourth-order valence-electron chi connectivity index (χ4n) is 1.43. The first-order valence-corrected chi connectivity index (χ1v) is 6.97. The molecule has 19 heavy (non-hydrogen) atoms. The third-order valence-electron chi connectivity index (χ3n) is 2.37. The monoisotopic (exact) mass is 382 g/mol. The Kier molecular flexibility index (Phi) is 4.46. The number of rotatable bonds is 2. The zero-order valence-corrected chi connectivity index (χ0v) is 13.1. The summed E-state index contributed by atoms with van der Waals surface area (Å²) in [6.45, 7) is 0. The largest absolute Gasteiger partial charge is 0.397 e. The van der Waals surface area contributed by atoms with Crippen LogP contribution in [0.5, 0.6) is 0 Å². The molecule has 0 aliphatic rings. The minimum Gasteiger partial charge on any atom is -0.397 e. The Bertz CT molecular complexity index is 594. The van der Waals surface area contributed by atoms with Gasteiger partial charge in [-0.3, -0.25) is 0 Å². The van der Waals surface area contributed by atoms with Gasteiger partial charge in [-0.2, -0.15) is 0 Å². The van der Waals surface area contributed by atoms with E-state index in [4.69, 9.17) is 40.5 Å². The topological polar surface area (TPSA) is 38.0 Å². The van der Waals surface area contributed by atoms with E-state index >= 15 is 0 Å². The first kappa shape index (κ1) is 14.7. The van der Waals surface area contributed by atoms with Crippen molar-refractivity contribution in [1.82, 2.24) is 0 Å². The minimum absolute atomic E-state index is 0.288. The van der Waals surface area contributed by atoms with Crippen molar-refractivity contribution in [2.24, 2.45) is 0 Å². The minimum atomic E-state index is -0.437. The Labute approximate surface area is 132 Å². The van der Waals surface area contributed by atoms with Crippen molar-refractivity contribution in [3.05, 3.63) is 49.6 Å². The molecule has 0 saturated heterocycles. The van der Waals surface area contributed by atoms with Crippen molar-refractivity contribution in [1.29, 1.82) is 0 Å². The zero-order valence-electron chi connectivity index (χ0n) is 9.28. The van der Waals surface area contributed by atoms with Crippen LogP contribution in [0.1, 0.15) is 0 Å². The molecule has 2 aromatic rings. The molecule has 2 aromatic carbocycles. The molecule has 0 bridgehead atoms. The number of hydrogen-bond acceptors (Lipinski definition) is 2. The molecule has 0 aliphatic heterocycles. The van der Waals surface area contributed by atoms with Crippen LogP contribution in [-0.2, 0) is 0 Å². The standard InChI is InChI=1S/C12H7BrCl3FN2/c13-5-1-10(18)12(4-9(5)17)19-11-3-7(15)6(14)2-8(11)16/h1-4,19H,18H2. The molecular weight excluding hydrogens is 377 g/mol. The molecule has 2 rings (SSSR count). The number of benzene rings is 2. The predicted octanol–water partition coefficient (Wildman–Crippen LogP) is 5.87. The van der Waals surface area contributed by atoms with Crippen molar-refractivity contribution in [3.63, 3.8) is 0 Å². The van der Waals surface area contributed by atoms with Gasteiger partial charge in [-0.1, -0.05) is 34.8 Å². The summed E-state index contributed by atoms with van der Waals surface area (Å²) >= 11 is 20.8. The van der Waals surface area contributed by atoms with E-state index in [0.29, 0.717) is 32.1 Å². The maximum Gasteiger partial charge on any atom is 0.139 e. The Morgan fingerprint density at radius 3 is 2.26 bits per heavy atom. The molecule has 0 aromatic heterocycles. The molecule has 0 aliphatic carbocycles. The first-order chi connectivity index (χ1) is 8.88. The van der Waals surface area contributed by atoms with Gasteiger partial charge in [0.1, 0.15) is 5.82 Å². The van der Waals surface area contributed by atoms with Crippen LogP contribution >= 0.6 is 50.7 Å². The van der Waals surface area contributed by atoms with E-state index in [1.807, 2.05) is 0 Å². The zero-order chi connectivity index (χ0) is 14.2. The summed E-state index contributed by atoms with van der Waals surface area (Å²) in [5.74, 6) is -0.437. The van der Waals surface area contributed by atoms with E-state index in [0.717, 1.165) is 0 Å². The van der Waals surface area contributed by atoms with Gasteiger partial charge in [-0.25, -0.2) is 4.39 Å². The van der Waals surface area contributed by atoms with E-state index < -0.39 is 5.82 Å². The van der Waals surface area contributed by atoms with Gasteiger partial charge in [0.05, 0.1) is 36.6 Å². The molecule has 2 nitrogen and oxygen atoms in total. The molecule has 0 radical (unpaired) electrons. The summed E-state index contributed by atoms with van der Waals surface area (Å²) in [4.78, 5) is 0. The van der Waals surface area contributed by atoms with Crippen molar-refractivity contribution in [3.8, 4) is 0 Å². The lowest BCUT2D eigenvalue weighted by atomic mass is 10.2. The molecule has 0 spiro atoms. The van der Waals surface area contributed by atoms with Crippen molar-refractivity contribution in [2.45, 2.75) is 0 Å². The molecule has 0 fully saturated rings. The summed E-state index contributed by atoms with van der Waals surface area (Å²) in [6.07, 6.45) is 0. The molecule has 0 atom stereocenters. The lowest BCUT2D eigenvalue weighted by Gasteiger charge is -2.12. The van der Waals surface area contributed by atoms with Gasteiger partial charge in [0.2, 0.25) is 0 Å². The summed E-state index contributed by atoms with van der Waals surface area (Å²) < 4.78 is 13.8. The van der Waals surface area contributed by atoms with Crippen LogP contribution in [0.3, 0.4) is 0 Å². The Hall–Kier alpha value is -0.680. The van der Waals surface area contributed by atoms with E-state index in [9.17, 15) is 4.39 Å². The number of nitrogen functional groups attached to an aromatic ring is 1. The number of halogens is 5. The number of anilines is 3. The molecule has 0 saturated carbocycles. The molecule has 0 unspecified atom stereocenters. The van der Waals surface area contributed by atoms with Crippen LogP contribution in [-0.4, -0.2) is 0 Å². The third kappa shape index (κ3) is 3.26. The van der Waals surface area contributed by atoms with E-state index in [-0.39, 0.29) is 4.47 Å². The summed E-state index contributed by atoms with van der Waals surface area (Å²) in [6, 6.07) is 5.77. The predicted molar refractivity (Wildman–Crippen MR) is 83.3 cm³/mol. The number of hydrogen-bond donors (Lipinski definition) is 2. The molecule has 100 valence electrons.